The molecule has 0 saturated carbocycles. The molecule has 0 atom stereocenters. The van der Waals surface area contributed by atoms with Gasteiger partial charge in [-0.25, -0.2) is 4.98 Å². The van der Waals surface area contributed by atoms with Crippen molar-refractivity contribution in [1.29, 1.82) is 5.26 Å². The SMILES string of the molecule is COc1ccc(-c2csc(C(C#N)=Cc3cc(Cl)c(O)c(Cl)c3)n2)cc1OC. The zero-order valence-electron chi connectivity index (χ0n) is 14.9. The maximum Gasteiger partial charge on any atom is 0.161 e. The van der Waals surface area contributed by atoms with Crippen LogP contribution in [0.5, 0.6) is 17.2 Å². The Morgan fingerprint density at radius 1 is 1.14 bits per heavy atom. The molecule has 1 N–H and O–H groups in total. The third kappa shape index (κ3) is 4.07. The molecule has 5 nitrogen and oxygen atoms in total. The van der Waals surface area contributed by atoms with E-state index >= 15 is 0 Å². The molecule has 0 aliphatic heterocycles. The van der Waals surface area contributed by atoms with Gasteiger partial charge in [-0.05, 0) is 42.0 Å². The first-order chi connectivity index (χ1) is 13.5. The van der Waals surface area contributed by atoms with Crippen molar-refractivity contribution in [2.45, 2.75) is 0 Å². The maximum absolute atomic E-state index is 9.67. The predicted molar refractivity (Wildman–Crippen MR) is 112 cm³/mol. The minimum absolute atomic E-state index is 0.112. The van der Waals surface area contributed by atoms with Crippen molar-refractivity contribution < 1.29 is 14.6 Å². The lowest BCUT2D eigenvalue weighted by Crippen LogP contribution is -1.91. The summed E-state index contributed by atoms with van der Waals surface area (Å²) in [5.74, 6) is 1.03. The van der Waals surface area contributed by atoms with Crippen molar-refractivity contribution >= 4 is 46.2 Å². The summed E-state index contributed by atoms with van der Waals surface area (Å²) in [7, 11) is 3.14. The molecule has 0 amide bonds. The normalized spacial score (nSPS) is 11.2. The summed E-state index contributed by atoms with van der Waals surface area (Å²) in [5.41, 5.74) is 2.50. The Kier molecular flexibility index (Phi) is 6.10. The van der Waals surface area contributed by atoms with E-state index in [0.29, 0.717) is 33.3 Å². The minimum Gasteiger partial charge on any atom is -0.505 e. The number of phenolic OH excluding ortho intramolecular Hbond substituents is 1. The summed E-state index contributed by atoms with van der Waals surface area (Å²) < 4.78 is 10.6. The number of hydrogen-bond acceptors (Lipinski definition) is 6. The van der Waals surface area contributed by atoms with Gasteiger partial charge < -0.3 is 14.6 Å². The number of nitrogens with zero attached hydrogens (tertiary/aromatic N) is 2. The second-order valence-electron chi connectivity index (χ2n) is 5.61. The molecule has 8 heteroatoms. The van der Waals surface area contributed by atoms with Gasteiger partial charge in [0.1, 0.15) is 11.1 Å². The molecule has 0 aliphatic carbocycles. The summed E-state index contributed by atoms with van der Waals surface area (Å²) in [6, 6.07) is 10.7. The van der Waals surface area contributed by atoms with Gasteiger partial charge in [-0.1, -0.05) is 23.2 Å². The predicted octanol–water partition coefficient (Wildman–Crippen LogP) is 5.90. The molecule has 0 fully saturated rings. The van der Waals surface area contributed by atoms with E-state index < -0.39 is 0 Å². The number of ether oxygens (including phenoxy) is 2. The highest BCUT2D eigenvalue weighted by Gasteiger charge is 2.13. The van der Waals surface area contributed by atoms with Crippen LogP contribution in [-0.2, 0) is 0 Å². The Labute approximate surface area is 176 Å². The van der Waals surface area contributed by atoms with Gasteiger partial charge in [0.2, 0.25) is 0 Å². The molecule has 0 unspecified atom stereocenters. The molecule has 0 saturated heterocycles. The number of methoxy groups -OCH3 is 2. The van der Waals surface area contributed by atoms with E-state index in [1.54, 1.807) is 26.4 Å². The van der Waals surface area contributed by atoms with Gasteiger partial charge in [-0.3, -0.25) is 0 Å². The molecule has 0 radical (unpaired) electrons. The van der Waals surface area contributed by atoms with E-state index in [4.69, 9.17) is 32.7 Å². The molecule has 2 aromatic carbocycles. The van der Waals surface area contributed by atoms with E-state index in [9.17, 15) is 10.4 Å². The van der Waals surface area contributed by atoms with Crippen LogP contribution in [0.4, 0.5) is 0 Å². The number of nitriles is 1. The minimum atomic E-state index is -0.191. The lowest BCUT2D eigenvalue weighted by Gasteiger charge is -2.08. The largest absolute Gasteiger partial charge is 0.505 e. The molecule has 0 spiro atoms. The quantitative estimate of drug-likeness (QED) is 0.507. The van der Waals surface area contributed by atoms with Gasteiger partial charge in [0.15, 0.2) is 17.2 Å². The van der Waals surface area contributed by atoms with Crippen LogP contribution in [0.2, 0.25) is 10.0 Å². The Hall–Kier alpha value is -2.72. The third-order valence-corrected chi connectivity index (χ3v) is 5.34. The molecule has 3 rings (SSSR count). The molecular formula is C20H14Cl2N2O3S. The standard InChI is InChI=1S/C20H14Cl2N2O3S/c1-26-17-4-3-12(8-18(17)27-2)16-10-28-20(24-16)13(9-23)5-11-6-14(21)19(25)15(22)7-11/h3-8,10,25H,1-2H3. The Morgan fingerprint density at radius 3 is 2.43 bits per heavy atom. The fourth-order valence-electron chi connectivity index (χ4n) is 2.50. The first kappa shape index (κ1) is 20.0. The fraction of sp³-hybridized carbons (Fsp3) is 0.100. The molecule has 1 heterocycles. The van der Waals surface area contributed by atoms with Crippen molar-refractivity contribution in [3.63, 3.8) is 0 Å². The summed E-state index contributed by atoms with van der Waals surface area (Å²) in [6.07, 6.45) is 1.62. The number of aromatic hydroxyl groups is 1. The average molecular weight is 433 g/mol. The van der Waals surface area contributed by atoms with Crippen molar-refractivity contribution in [2.24, 2.45) is 0 Å². The van der Waals surface area contributed by atoms with Crippen LogP contribution in [0.25, 0.3) is 22.9 Å². The summed E-state index contributed by atoms with van der Waals surface area (Å²) in [5, 5.41) is 21.9. The van der Waals surface area contributed by atoms with Crippen molar-refractivity contribution in [1.82, 2.24) is 4.98 Å². The Balaban J connectivity index is 1.97. The zero-order valence-corrected chi connectivity index (χ0v) is 17.2. The molecule has 0 aliphatic rings. The van der Waals surface area contributed by atoms with Crippen LogP contribution >= 0.6 is 34.5 Å². The second-order valence-corrected chi connectivity index (χ2v) is 7.28. The van der Waals surface area contributed by atoms with Gasteiger partial charge in [0.25, 0.3) is 0 Å². The zero-order chi connectivity index (χ0) is 20.3. The van der Waals surface area contributed by atoms with E-state index in [2.05, 4.69) is 11.1 Å². The van der Waals surface area contributed by atoms with Crippen molar-refractivity contribution in [3.8, 4) is 34.6 Å². The van der Waals surface area contributed by atoms with Crippen LogP contribution in [0.15, 0.2) is 35.7 Å². The first-order valence-corrected chi connectivity index (χ1v) is 9.58. The van der Waals surface area contributed by atoms with E-state index in [1.807, 2.05) is 17.5 Å². The highest BCUT2D eigenvalue weighted by Crippen LogP contribution is 2.36. The van der Waals surface area contributed by atoms with Crippen molar-refractivity contribution in [2.75, 3.05) is 14.2 Å². The van der Waals surface area contributed by atoms with Crippen molar-refractivity contribution in [3.05, 3.63) is 56.3 Å². The molecule has 3 aromatic rings. The number of thiazole rings is 1. The summed E-state index contributed by atoms with van der Waals surface area (Å²) in [6.45, 7) is 0. The van der Waals surface area contributed by atoms with Gasteiger partial charge in [-0.2, -0.15) is 5.26 Å². The van der Waals surface area contributed by atoms with E-state index in [0.717, 1.165) is 5.56 Å². The lowest BCUT2D eigenvalue weighted by molar-refractivity contribution is 0.355. The van der Waals surface area contributed by atoms with Gasteiger partial charge in [-0.15, -0.1) is 11.3 Å². The average Bonchev–Trinajstić information content (AvgIpc) is 3.19. The smallest absolute Gasteiger partial charge is 0.161 e. The number of phenols is 1. The summed E-state index contributed by atoms with van der Waals surface area (Å²) >= 11 is 13.2. The number of hydrogen-bond donors (Lipinski definition) is 1. The van der Waals surface area contributed by atoms with E-state index in [-0.39, 0.29) is 15.8 Å². The number of benzene rings is 2. The molecule has 1 aromatic heterocycles. The number of allylic oxidation sites excluding steroid dienone is 1. The number of rotatable bonds is 5. The van der Waals surface area contributed by atoms with Crippen LogP contribution in [0.3, 0.4) is 0 Å². The number of aromatic nitrogens is 1. The topological polar surface area (TPSA) is 75.4 Å². The molecule has 28 heavy (non-hydrogen) atoms. The van der Waals surface area contributed by atoms with Gasteiger partial charge in [0.05, 0.1) is 35.5 Å². The third-order valence-electron chi connectivity index (χ3n) is 3.88. The molecule has 0 bridgehead atoms. The second kappa shape index (κ2) is 8.53. The Morgan fingerprint density at radius 2 is 1.82 bits per heavy atom. The van der Waals surface area contributed by atoms with Crippen LogP contribution in [0.1, 0.15) is 10.6 Å². The fourth-order valence-corrected chi connectivity index (χ4v) is 3.80. The highest BCUT2D eigenvalue weighted by molar-refractivity contribution is 7.11. The number of halogens is 2. The van der Waals surface area contributed by atoms with Crippen LogP contribution in [-0.4, -0.2) is 24.3 Å². The first-order valence-electron chi connectivity index (χ1n) is 7.95. The molecule has 142 valence electrons. The Bertz CT molecular complexity index is 1080. The maximum atomic E-state index is 9.67. The monoisotopic (exact) mass is 432 g/mol. The van der Waals surface area contributed by atoms with Gasteiger partial charge >= 0.3 is 0 Å². The van der Waals surface area contributed by atoms with Crippen LogP contribution < -0.4 is 9.47 Å². The highest BCUT2D eigenvalue weighted by atomic mass is 35.5. The molecular weight excluding hydrogens is 419 g/mol. The van der Waals surface area contributed by atoms with Crippen LogP contribution in [0, 0.1) is 11.3 Å². The van der Waals surface area contributed by atoms with E-state index in [1.165, 1.54) is 23.5 Å². The summed E-state index contributed by atoms with van der Waals surface area (Å²) in [4.78, 5) is 4.56. The van der Waals surface area contributed by atoms with Gasteiger partial charge in [0, 0.05) is 10.9 Å². The lowest BCUT2D eigenvalue weighted by atomic mass is 10.1.